The highest BCUT2D eigenvalue weighted by atomic mass is 32.2. The van der Waals surface area contributed by atoms with Gasteiger partial charge in [-0.15, -0.1) is 0 Å². The molecule has 24 heavy (non-hydrogen) atoms. The zero-order valence-electron chi connectivity index (χ0n) is 13.7. The van der Waals surface area contributed by atoms with Crippen LogP contribution in [-0.4, -0.2) is 57.9 Å². The average Bonchev–Trinajstić information content (AvgIpc) is 3.01. The van der Waals surface area contributed by atoms with Crippen LogP contribution in [0.1, 0.15) is 18.4 Å². The summed E-state index contributed by atoms with van der Waals surface area (Å²) in [6, 6.07) is 6.59. The van der Waals surface area contributed by atoms with E-state index in [1.165, 1.54) is 6.07 Å². The lowest BCUT2D eigenvalue weighted by Gasteiger charge is -2.37. The number of hydrogen-bond acceptors (Lipinski definition) is 5. The van der Waals surface area contributed by atoms with Crippen LogP contribution in [-0.2, 0) is 24.3 Å². The highest BCUT2D eigenvalue weighted by molar-refractivity contribution is 7.89. The predicted octanol–water partition coefficient (Wildman–Crippen LogP) is 0.639. The van der Waals surface area contributed by atoms with Crippen molar-refractivity contribution in [3.8, 4) is 0 Å². The Bertz CT molecular complexity index is 703. The van der Waals surface area contributed by atoms with Crippen LogP contribution in [0, 0.1) is 6.92 Å². The molecule has 1 N–H and O–H groups in total. The molecule has 2 aliphatic rings. The van der Waals surface area contributed by atoms with Crippen molar-refractivity contribution in [2.24, 2.45) is 0 Å². The van der Waals surface area contributed by atoms with Gasteiger partial charge in [0.15, 0.2) is 5.79 Å². The molecule has 0 bridgehead atoms. The van der Waals surface area contributed by atoms with Crippen LogP contribution in [0.4, 0.5) is 0 Å². The molecule has 7 nitrogen and oxygen atoms in total. The molecular formula is C16H22N2O5S. The Morgan fingerprint density at radius 2 is 1.92 bits per heavy atom. The van der Waals surface area contributed by atoms with Crippen molar-refractivity contribution in [1.29, 1.82) is 0 Å². The van der Waals surface area contributed by atoms with Gasteiger partial charge >= 0.3 is 0 Å². The summed E-state index contributed by atoms with van der Waals surface area (Å²) >= 11 is 0. The second kappa shape index (κ2) is 6.79. The van der Waals surface area contributed by atoms with Gasteiger partial charge in [0.05, 0.1) is 24.7 Å². The van der Waals surface area contributed by atoms with Crippen molar-refractivity contribution in [2.45, 2.75) is 30.4 Å². The van der Waals surface area contributed by atoms with Crippen LogP contribution in [0.15, 0.2) is 29.2 Å². The fourth-order valence-corrected chi connectivity index (χ4v) is 4.10. The van der Waals surface area contributed by atoms with Gasteiger partial charge in [0, 0.05) is 25.9 Å². The Kier molecular flexibility index (Phi) is 4.91. The van der Waals surface area contributed by atoms with E-state index in [0.29, 0.717) is 39.1 Å². The molecule has 1 aromatic carbocycles. The SMILES string of the molecule is Cc1cccc(S(=O)(=O)NCC(=O)N2CCC3(CC2)OCCO3)c1. The van der Waals surface area contributed by atoms with Gasteiger partial charge in [0.25, 0.3) is 0 Å². The summed E-state index contributed by atoms with van der Waals surface area (Å²) < 4.78 is 38.1. The van der Waals surface area contributed by atoms with E-state index >= 15 is 0 Å². The minimum absolute atomic E-state index is 0.167. The number of carbonyl (C=O) groups excluding carboxylic acids is 1. The molecule has 2 saturated heterocycles. The van der Waals surface area contributed by atoms with E-state index in [0.717, 1.165) is 5.56 Å². The number of nitrogens with zero attached hydrogens (tertiary/aromatic N) is 1. The zero-order valence-corrected chi connectivity index (χ0v) is 14.5. The Balaban J connectivity index is 1.54. The summed E-state index contributed by atoms with van der Waals surface area (Å²) in [5.41, 5.74) is 0.849. The van der Waals surface area contributed by atoms with Gasteiger partial charge in [-0.25, -0.2) is 13.1 Å². The van der Waals surface area contributed by atoms with Crippen molar-refractivity contribution in [3.63, 3.8) is 0 Å². The lowest BCUT2D eigenvalue weighted by atomic mass is 10.0. The summed E-state index contributed by atoms with van der Waals surface area (Å²) in [5, 5.41) is 0. The lowest BCUT2D eigenvalue weighted by molar-refractivity contribution is -0.187. The number of sulfonamides is 1. The number of amides is 1. The third kappa shape index (κ3) is 3.77. The Labute approximate surface area is 142 Å². The van der Waals surface area contributed by atoms with E-state index < -0.39 is 15.8 Å². The number of nitrogens with one attached hydrogen (secondary N) is 1. The molecule has 2 heterocycles. The summed E-state index contributed by atoms with van der Waals surface area (Å²) in [6.07, 6.45) is 1.23. The molecule has 1 spiro atoms. The Hall–Kier alpha value is -1.48. The van der Waals surface area contributed by atoms with Gasteiger partial charge < -0.3 is 14.4 Å². The van der Waals surface area contributed by atoms with Gasteiger partial charge in [-0.2, -0.15) is 0 Å². The van der Waals surface area contributed by atoms with E-state index in [1.807, 2.05) is 13.0 Å². The maximum absolute atomic E-state index is 12.3. The van der Waals surface area contributed by atoms with Crippen molar-refractivity contribution >= 4 is 15.9 Å². The molecule has 1 amide bonds. The molecule has 0 aromatic heterocycles. The fourth-order valence-electron chi connectivity index (χ4n) is 3.02. The first-order valence-corrected chi connectivity index (χ1v) is 9.51. The molecule has 8 heteroatoms. The number of likely N-dealkylation sites (tertiary alicyclic amines) is 1. The van der Waals surface area contributed by atoms with Gasteiger partial charge in [-0.3, -0.25) is 4.79 Å². The first kappa shape index (κ1) is 17.3. The highest BCUT2D eigenvalue weighted by Gasteiger charge is 2.40. The smallest absolute Gasteiger partial charge is 0.241 e. The second-order valence-electron chi connectivity index (χ2n) is 6.13. The lowest BCUT2D eigenvalue weighted by Crippen LogP contribution is -2.49. The van der Waals surface area contributed by atoms with E-state index in [1.54, 1.807) is 17.0 Å². The number of hydrogen-bond donors (Lipinski definition) is 1. The summed E-state index contributed by atoms with van der Waals surface area (Å²) in [5.74, 6) is -0.781. The van der Waals surface area contributed by atoms with E-state index in [-0.39, 0.29) is 17.3 Å². The molecule has 0 atom stereocenters. The van der Waals surface area contributed by atoms with E-state index in [2.05, 4.69) is 4.72 Å². The van der Waals surface area contributed by atoms with Crippen molar-refractivity contribution in [1.82, 2.24) is 9.62 Å². The predicted molar refractivity (Wildman–Crippen MR) is 86.8 cm³/mol. The van der Waals surface area contributed by atoms with Crippen molar-refractivity contribution < 1.29 is 22.7 Å². The van der Waals surface area contributed by atoms with Crippen LogP contribution >= 0.6 is 0 Å². The molecule has 0 radical (unpaired) electrons. The molecule has 2 fully saturated rings. The van der Waals surface area contributed by atoms with Crippen LogP contribution in [0.5, 0.6) is 0 Å². The third-order valence-corrected chi connectivity index (χ3v) is 5.80. The van der Waals surface area contributed by atoms with Crippen LogP contribution in [0.2, 0.25) is 0 Å². The van der Waals surface area contributed by atoms with Crippen molar-refractivity contribution in [2.75, 3.05) is 32.8 Å². The molecule has 1 aromatic rings. The minimum Gasteiger partial charge on any atom is -0.347 e. The number of rotatable bonds is 4. The van der Waals surface area contributed by atoms with Crippen LogP contribution in [0.25, 0.3) is 0 Å². The molecule has 2 aliphatic heterocycles. The number of benzene rings is 1. The third-order valence-electron chi connectivity index (χ3n) is 4.40. The molecule has 132 valence electrons. The topological polar surface area (TPSA) is 84.9 Å². The Morgan fingerprint density at radius 3 is 2.54 bits per heavy atom. The van der Waals surface area contributed by atoms with Crippen LogP contribution < -0.4 is 4.72 Å². The van der Waals surface area contributed by atoms with Gasteiger partial charge in [0.2, 0.25) is 15.9 Å². The molecule has 3 rings (SSSR count). The van der Waals surface area contributed by atoms with Gasteiger partial charge in [-0.05, 0) is 24.6 Å². The number of carbonyl (C=O) groups is 1. The molecule has 0 aliphatic carbocycles. The second-order valence-corrected chi connectivity index (χ2v) is 7.90. The highest BCUT2D eigenvalue weighted by Crippen LogP contribution is 2.31. The van der Waals surface area contributed by atoms with Crippen LogP contribution in [0.3, 0.4) is 0 Å². The summed E-state index contributed by atoms with van der Waals surface area (Å²) in [7, 11) is -3.69. The largest absolute Gasteiger partial charge is 0.347 e. The summed E-state index contributed by atoms with van der Waals surface area (Å²) in [6.45, 7) is 3.76. The minimum atomic E-state index is -3.69. The monoisotopic (exact) mass is 354 g/mol. The Morgan fingerprint density at radius 1 is 1.25 bits per heavy atom. The molecular weight excluding hydrogens is 332 g/mol. The summed E-state index contributed by atoms with van der Waals surface area (Å²) in [4.78, 5) is 14.1. The normalized spacial score (nSPS) is 20.5. The molecule has 0 saturated carbocycles. The van der Waals surface area contributed by atoms with E-state index in [4.69, 9.17) is 9.47 Å². The maximum Gasteiger partial charge on any atom is 0.241 e. The quantitative estimate of drug-likeness (QED) is 0.858. The number of piperidine rings is 1. The van der Waals surface area contributed by atoms with Crippen molar-refractivity contribution in [3.05, 3.63) is 29.8 Å². The first-order valence-electron chi connectivity index (χ1n) is 8.02. The zero-order chi connectivity index (χ0) is 17.2. The first-order chi connectivity index (χ1) is 11.4. The number of ether oxygens (including phenoxy) is 2. The average molecular weight is 354 g/mol. The van der Waals surface area contributed by atoms with Gasteiger partial charge in [-0.1, -0.05) is 12.1 Å². The number of aryl methyl sites for hydroxylation is 1. The van der Waals surface area contributed by atoms with Gasteiger partial charge in [0.1, 0.15) is 0 Å². The standard InChI is InChI=1S/C16H22N2O5S/c1-13-3-2-4-14(11-13)24(20,21)17-12-15(19)18-7-5-16(6-8-18)22-9-10-23-16/h2-4,11,17H,5-10,12H2,1H3. The van der Waals surface area contributed by atoms with E-state index in [9.17, 15) is 13.2 Å². The fraction of sp³-hybridized carbons (Fsp3) is 0.562. The molecule has 0 unspecified atom stereocenters. The maximum atomic E-state index is 12.3.